The van der Waals surface area contributed by atoms with Crippen molar-refractivity contribution in [1.82, 2.24) is 0 Å². The third-order valence-corrected chi connectivity index (χ3v) is 10.9. The smallest absolute Gasteiger partial charge is 0.397 e. The van der Waals surface area contributed by atoms with E-state index < -0.39 is 22.5 Å². The molecule has 0 heterocycles. The van der Waals surface area contributed by atoms with Gasteiger partial charge in [0.15, 0.2) is 0 Å². The fraction of sp³-hybridized carbons (Fsp3) is 0.958. The normalized spacial score (nSPS) is 47.2. The average molecular weight is 473 g/mol. The predicted octanol–water partition coefficient (Wildman–Crippen LogP) is 4.31. The molecule has 0 bridgehead atoms. The van der Waals surface area contributed by atoms with Gasteiger partial charge in [0.1, 0.15) is 0 Å². The van der Waals surface area contributed by atoms with Crippen LogP contribution in [0, 0.1) is 46.3 Å². The molecule has 4 aliphatic carbocycles. The molecule has 0 saturated heterocycles. The molecule has 3 N–H and O–H groups in total. The van der Waals surface area contributed by atoms with Gasteiger partial charge in [-0.05, 0) is 104 Å². The maximum atomic E-state index is 11.8. The Morgan fingerprint density at radius 3 is 2.38 bits per heavy atom. The fourth-order valence-electron chi connectivity index (χ4n) is 8.96. The second kappa shape index (κ2) is 8.51. The van der Waals surface area contributed by atoms with E-state index in [0.29, 0.717) is 42.9 Å². The third kappa shape index (κ3) is 4.25. The zero-order valence-electron chi connectivity index (χ0n) is 19.6. The molecule has 4 saturated carbocycles. The highest BCUT2D eigenvalue weighted by atomic mass is 32.3. The molecule has 0 amide bonds. The number of carboxylic acid groups (broad SMARTS) is 1. The molecule has 0 radical (unpaired) electrons. The zero-order chi connectivity index (χ0) is 23.5. The number of aliphatic carboxylic acids is 1. The van der Waals surface area contributed by atoms with Crippen molar-refractivity contribution in [3.05, 3.63) is 0 Å². The van der Waals surface area contributed by atoms with Gasteiger partial charge >= 0.3 is 16.4 Å². The summed E-state index contributed by atoms with van der Waals surface area (Å²) in [6, 6.07) is 0. The molecule has 0 aromatic heterocycles. The Morgan fingerprint density at radius 1 is 1.06 bits per heavy atom. The first-order chi connectivity index (χ1) is 14.8. The van der Waals surface area contributed by atoms with Gasteiger partial charge in [-0.1, -0.05) is 20.8 Å². The summed E-state index contributed by atoms with van der Waals surface area (Å²) in [5.74, 6) is 0.821. The summed E-state index contributed by atoms with van der Waals surface area (Å²) < 4.78 is 38.6. The first-order valence-electron chi connectivity index (χ1n) is 12.4. The van der Waals surface area contributed by atoms with Crippen LogP contribution in [0.4, 0.5) is 0 Å². The van der Waals surface area contributed by atoms with Crippen LogP contribution in [0.25, 0.3) is 0 Å². The maximum absolute atomic E-state index is 11.8. The molecule has 1 unspecified atom stereocenters. The number of carboxylic acids is 1. The van der Waals surface area contributed by atoms with Crippen molar-refractivity contribution < 1.29 is 32.2 Å². The summed E-state index contributed by atoms with van der Waals surface area (Å²) in [5.41, 5.74) is 0.0780. The Hall–Kier alpha value is -0.700. The number of carbonyl (C=O) groups is 1. The van der Waals surface area contributed by atoms with Crippen LogP contribution in [0.5, 0.6) is 0 Å². The highest BCUT2D eigenvalue weighted by Crippen LogP contribution is 2.68. The van der Waals surface area contributed by atoms with Crippen LogP contribution in [0.2, 0.25) is 0 Å². The molecule has 0 spiro atoms. The molecule has 8 heteroatoms. The maximum Gasteiger partial charge on any atom is 0.397 e. The average Bonchev–Trinajstić information content (AvgIpc) is 3.03. The van der Waals surface area contributed by atoms with Crippen molar-refractivity contribution in [2.24, 2.45) is 46.3 Å². The molecule has 4 fully saturated rings. The number of hydrogen-bond acceptors (Lipinski definition) is 5. The van der Waals surface area contributed by atoms with Gasteiger partial charge in [-0.2, -0.15) is 8.42 Å². The van der Waals surface area contributed by atoms with Crippen LogP contribution in [-0.2, 0) is 19.4 Å². The van der Waals surface area contributed by atoms with Gasteiger partial charge in [0.25, 0.3) is 0 Å². The van der Waals surface area contributed by atoms with E-state index in [9.17, 15) is 22.9 Å². The Morgan fingerprint density at radius 2 is 1.72 bits per heavy atom. The third-order valence-electron chi connectivity index (χ3n) is 10.5. The molecule has 0 aromatic carbocycles. The van der Waals surface area contributed by atoms with E-state index in [1.165, 1.54) is 0 Å². The Bertz CT molecular complexity index is 828. The predicted molar refractivity (Wildman–Crippen MR) is 119 cm³/mol. The van der Waals surface area contributed by atoms with Gasteiger partial charge < -0.3 is 10.2 Å². The number of rotatable bonds is 6. The first-order valence-corrected chi connectivity index (χ1v) is 13.8. The number of aliphatic hydroxyl groups excluding tert-OH is 1. The molecular formula is C24H40O7S. The van der Waals surface area contributed by atoms with Gasteiger partial charge in [0.2, 0.25) is 0 Å². The second-order valence-electron chi connectivity index (χ2n) is 11.9. The zero-order valence-corrected chi connectivity index (χ0v) is 20.4. The van der Waals surface area contributed by atoms with Gasteiger partial charge in [-0.3, -0.25) is 9.35 Å². The monoisotopic (exact) mass is 472 g/mol. The Kier molecular flexibility index (Phi) is 6.49. The summed E-state index contributed by atoms with van der Waals surface area (Å²) in [5, 5.41) is 19.4. The SMILES string of the molecule is C[C@H](CCC(=O)O)[C@H]1CC[C@H]2C3[C@H](OS(=O)(=O)O)C[C@@H]4C[C@H](O)CC[C@]4(C)[C@H]3CC[C@]12C. The molecule has 32 heavy (non-hydrogen) atoms. The standard InChI is InChI=1S/C24H40O7S/c1-14(4-7-21(26)27)17-5-6-18-22-19(9-11-24(17,18)3)23(2)10-8-16(25)12-15(23)13-20(22)31-32(28,29)30/h14-20,22,25H,4-13H2,1-3H3,(H,26,27)(H,28,29,30)/t14-,15+,16-,17-,18+,19+,20-,22?,23+,24-/m1/s1. The second-order valence-corrected chi connectivity index (χ2v) is 12.9. The molecule has 184 valence electrons. The van der Waals surface area contributed by atoms with Crippen molar-refractivity contribution in [3.8, 4) is 0 Å². The van der Waals surface area contributed by atoms with Crippen LogP contribution >= 0.6 is 0 Å². The molecule has 0 aromatic rings. The van der Waals surface area contributed by atoms with E-state index in [4.69, 9.17) is 9.29 Å². The molecule has 7 nitrogen and oxygen atoms in total. The Labute approximate surface area is 192 Å². The molecule has 4 rings (SSSR count). The number of hydrogen-bond donors (Lipinski definition) is 3. The Balaban J connectivity index is 1.64. The van der Waals surface area contributed by atoms with Crippen LogP contribution in [0.15, 0.2) is 0 Å². The van der Waals surface area contributed by atoms with Crippen molar-refractivity contribution in [1.29, 1.82) is 0 Å². The van der Waals surface area contributed by atoms with E-state index >= 15 is 0 Å². The van der Waals surface area contributed by atoms with E-state index in [0.717, 1.165) is 38.5 Å². The van der Waals surface area contributed by atoms with Crippen molar-refractivity contribution in [3.63, 3.8) is 0 Å². The quantitative estimate of drug-likeness (QED) is 0.493. The first kappa shape index (κ1) is 24.4. The lowest BCUT2D eigenvalue weighted by Crippen LogP contribution is -2.59. The lowest BCUT2D eigenvalue weighted by molar-refractivity contribution is -0.168. The lowest BCUT2D eigenvalue weighted by Gasteiger charge is -2.62. The summed E-state index contributed by atoms with van der Waals surface area (Å²) >= 11 is 0. The largest absolute Gasteiger partial charge is 0.481 e. The summed E-state index contributed by atoms with van der Waals surface area (Å²) in [6.07, 6.45) is 6.97. The van der Waals surface area contributed by atoms with Gasteiger partial charge in [0, 0.05) is 6.42 Å². The highest BCUT2D eigenvalue weighted by Gasteiger charge is 2.63. The number of aliphatic hydroxyl groups is 1. The van der Waals surface area contributed by atoms with Gasteiger partial charge in [0.05, 0.1) is 12.2 Å². The van der Waals surface area contributed by atoms with E-state index in [1.54, 1.807) is 0 Å². The lowest BCUT2D eigenvalue weighted by atomic mass is 9.43. The van der Waals surface area contributed by atoms with Crippen molar-refractivity contribution in [2.75, 3.05) is 0 Å². The fourth-order valence-corrected chi connectivity index (χ4v) is 9.48. The van der Waals surface area contributed by atoms with Crippen LogP contribution in [0.3, 0.4) is 0 Å². The van der Waals surface area contributed by atoms with Gasteiger partial charge in [-0.25, -0.2) is 4.18 Å². The molecule has 0 aliphatic heterocycles. The number of fused-ring (bicyclic) bond motifs is 5. The van der Waals surface area contributed by atoms with Crippen molar-refractivity contribution >= 4 is 16.4 Å². The molecule has 4 aliphatic rings. The highest BCUT2D eigenvalue weighted by molar-refractivity contribution is 7.80. The van der Waals surface area contributed by atoms with Crippen LogP contribution < -0.4 is 0 Å². The minimum absolute atomic E-state index is 0.0251. The molecule has 10 atom stereocenters. The van der Waals surface area contributed by atoms with E-state index in [2.05, 4.69) is 20.8 Å². The summed E-state index contributed by atoms with van der Waals surface area (Å²) in [4.78, 5) is 11.1. The topological polar surface area (TPSA) is 121 Å². The van der Waals surface area contributed by atoms with E-state index in [1.807, 2.05) is 0 Å². The van der Waals surface area contributed by atoms with Gasteiger partial charge in [-0.15, -0.1) is 0 Å². The summed E-state index contributed by atoms with van der Waals surface area (Å²) in [7, 11) is -4.57. The summed E-state index contributed by atoms with van der Waals surface area (Å²) in [6.45, 7) is 6.82. The molecular weight excluding hydrogens is 432 g/mol. The van der Waals surface area contributed by atoms with Crippen molar-refractivity contribution in [2.45, 2.75) is 97.2 Å². The minimum Gasteiger partial charge on any atom is -0.481 e. The van der Waals surface area contributed by atoms with Crippen LogP contribution in [0.1, 0.15) is 85.0 Å². The minimum atomic E-state index is -4.57. The van der Waals surface area contributed by atoms with Crippen LogP contribution in [-0.4, -0.2) is 41.4 Å². The van der Waals surface area contributed by atoms with E-state index in [-0.39, 0.29) is 35.2 Å².